The number of amides is 1. The van der Waals surface area contributed by atoms with Gasteiger partial charge >= 0.3 is 0 Å². The Morgan fingerprint density at radius 3 is 1.87 bits per heavy atom. The minimum Gasteiger partial charge on any atom is -0.336 e. The third-order valence-corrected chi connectivity index (χ3v) is 7.11. The number of fused-ring (bicyclic) bond motifs is 2. The van der Waals surface area contributed by atoms with Gasteiger partial charge in [-0.1, -0.05) is 13.3 Å². The fraction of sp³-hybridized carbons (Fsp3) is 0.720. The van der Waals surface area contributed by atoms with Crippen molar-refractivity contribution in [2.24, 2.45) is 0 Å². The van der Waals surface area contributed by atoms with Crippen molar-refractivity contribution in [2.45, 2.75) is 117 Å². The first-order valence-electron chi connectivity index (χ1n) is 12.3. The van der Waals surface area contributed by atoms with E-state index in [9.17, 15) is 4.79 Å². The van der Waals surface area contributed by atoms with Gasteiger partial charge in [0, 0.05) is 42.0 Å². The number of unbranched alkanes of at least 4 members (excludes halogenated alkanes) is 1. The van der Waals surface area contributed by atoms with E-state index in [2.05, 4.69) is 59.1 Å². The lowest BCUT2D eigenvalue weighted by Crippen LogP contribution is -2.51. The second-order valence-corrected chi connectivity index (χ2v) is 10.0. The summed E-state index contributed by atoms with van der Waals surface area (Å²) < 4.78 is 4.34. The van der Waals surface area contributed by atoms with Gasteiger partial charge in [-0.15, -0.1) is 0 Å². The van der Waals surface area contributed by atoms with E-state index < -0.39 is 0 Å². The largest absolute Gasteiger partial charge is 0.336 e. The average Bonchev–Trinajstić information content (AvgIpc) is 3.36. The lowest BCUT2D eigenvalue weighted by atomic mass is 9.86. The molecule has 6 heteroatoms. The van der Waals surface area contributed by atoms with Crippen molar-refractivity contribution in [1.29, 1.82) is 0 Å². The maximum Gasteiger partial charge on any atom is 0.223 e. The molecule has 0 saturated heterocycles. The number of nitrogens with zero attached hydrogens (tertiary/aromatic N) is 5. The van der Waals surface area contributed by atoms with Crippen LogP contribution in [0.5, 0.6) is 0 Å². The molecule has 2 atom stereocenters. The lowest BCUT2D eigenvalue weighted by molar-refractivity contribution is -0.137. The summed E-state index contributed by atoms with van der Waals surface area (Å²) in [4.78, 5) is 15.7. The third-order valence-electron chi connectivity index (χ3n) is 7.11. The number of carbonyl (C=O) groups is 1. The first-order valence-corrected chi connectivity index (χ1v) is 12.3. The molecule has 0 aliphatic heterocycles. The van der Waals surface area contributed by atoms with Crippen LogP contribution in [0.25, 0.3) is 0 Å². The van der Waals surface area contributed by atoms with Crippen LogP contribution in [0.4, 0.5) is 0 Å². The molecule has 0 spiro atoms. The molecule has 170 valence electrons. The van der Waals surface area contributed by atoms with E-state index >= 15 is 0 Å². The van der Waals surface area contributed by atoms with Crippen LogP contribution in [0.3, 0.4) is 0 Å². The van der Waals surface area contributed by atoms with Crippen LogP contribution in [0.1, 0.15) is 101 Å². The summed E-state index contributed by atoms with van der Waals surface area (Å²) in [6, 6.07) is 1.34. The van der Waals surface area contributed by atoms with Gasteiger partial charge in [-0.2, -0.15) is 10.2 Å². The molecule has 2 aliphatic carbocycles. The Morgan fingerprint density at radius 1 is 0.968 bits per heavy atom. The van der Waals surface area contributed by atoms with Gasteiger partial charge in [0.05, 0.1) is 12.4 Å². The minimum atomic E-state index is 0.286. The molecule has 1 amide bonds. The standard InChI is InChI=1S/C25H39N5O/c1-6-7-8-25(31)28(21-9-11-23-19(13-21)15-26-29(23)17(2)3)22-10-12-24-20(14-22)16-27-30(24)18(4)5/h15-18,21-22H,6-14H2,1-5H3. The van der Waals surface area contributed by atoms with Crippen LogP contribution in [-0.2, 0) is 30.5 Å². The molecule has 2 unspecified atom stereocenters. The van der Waals surface area contributed by atoms with Crippen molar-refractivity contribution in [3.8, 4) is 0 Å². The van der Waals surface area contributed by atoms with Crippen LogP contribution in [0.15, 0.2) is 12.4 Å². The summed E-state index contributed by atoms with van der Waals surface area (Å²) in [6.07, 6.45) is 12.8. The average molecular weight is 426 g/mol. The summed E-state index contributed by atoms with van der Waals surface area (Å²) in [6.45, 7) is 10.9. The van der Waals surface area contributed by atoms with Crippen molar-refractivity contribution in [1.82, 2.24) is 24.5 Å². The predicted molar refractivity (Wildman–Crippen MR) is 123 cm³/mol. The Kier molecular flexibility index (Phi) is 6.54. The number of carbonyl (C=O) groups excluding carboxylic acids is 1. The van der Waals surface area contributed by atoms with E-state index in [4.69, 9.17) is 0 Å². The molecular formula is C25H39N5O. The minimum absolute atomic E-state index is 0.286. The molecule has 0 fully saturated rings. The Morgan fingerprint density at radius 2 is 1.45 bits per heavy atom. The molecule has 4 rings (SSSR count). The van der Waals surface area contributed by atoms with Crippen LogP contribution in [0, 0.1) is 0 Å². The van der Waals surface area contributed by atoms with Crippen LogP contribution >= 0.6 is 0 Å². The maximum absolute atomic E-state index is 13.4. The lowest BCUT2D eigenvalue weighted by Gasteiger charge is -2.42. The van der Waals surface area contributed by atoms with Crippen molar-refractivity contribution in [2.75, 3.05) is 0 Å². The summed E-state index contributed by atoms with van der Waals surface area (Å²) >= 11 is 0. The molecule has 2 heterocycles. The second-order valence-electron chi connectivity index (χ2n) is 10.0. The zero-order chi connectivity index (χ0) is 22.1. The Labute approximate surface area is 187 Å². The van der Waals surface area contributed by atoms with Crippen LogP contribution < -0.4 is 0 Å². The molecule has 0 N–H and O–H groups in total. The Balaban J connectivity index is 1.57. The first-order chi connectivity index (χ1) is 14.9. The number of hydrogen-bond acceptors (Lipinski definition) is 3. The topological polar surface area (TPSA) is 56.0 Å². The molecule has 2 aliphatic rings. The number of hydrogen-bond donors (Lipinski definition) is 0. The molecule has 0 bridgehead atoms. The van der Waals surface area contributed by atoms with E-state index in [-0.39, 0.29) is 12.1 Å². The van der Waals surface area contributed by atoms with Gasteiger partial charge < -0.3 is 4.90 Å². The summed E-state index contributed by atoms with van der Waals surface area (Å²) in [5.74, 6) is 0.344. The van der Waals surface area contributed by atoms with Gasteiger partial charge in [0.1, 0.15) is 0 Å². The Hall–Kier alpha value is -2.11. The van der Waals surface area contributed by atoms with Crippen LogP contribution in [0.2, 0.25) is 0 Å². The van der Waals surface area contributed by atoms with Crippen molar-refractivity contribution >= 4 is 5.91 Å². The van der Waals surface area contributed by atoms with Gasteiger partial charge in [-0.3, -0.25) is 14.2 Å². The monoisotopic (exact) mass is 425 g/mol. The smallest absolute Gasteiger partial charge is 0.223 e. The van der Waals surface area contributed by atoms with Crippen molar-refractivity contribution < 1.29 is 4.79 Å². The highest BCUT2D eigenvalue weighted by atomic mass is 16.2. The van der Waals surface area contributed by atoms with E-state index in [1.165, 1.54) is 22.5 Å². The van der Waals surface area contributed by atoms with Gasteiger partial charge in [0.15, 0.2) is 0 Å². The summed E-state index contributed by atoms with van der Waals surface area (Å²) in [5, 5.41) is 9.30. The third kappa shape index (κ3) is 4.31. The fourth-order valence-corrected chi connectivity index (χ4v) is 5.58. The fourth-order valence-electron chi connectivity index (χ4n) is 5.58. The molecule has 0 aromatic carbocycles. The summed E-state index contributed by atoms with van der Waals surface area (Å²) in [7, 11) is 0. The van der Waals surface area contributed by atoms with Gasteiger partial charge in [0.2, 0.25) is 5.91 Å². The second kappa shape index (κ2) is 9.17. The van der Waals surface area contributed by atoms with E-state index in [1.54, 1.807) is 0 Å². The highest BCUT2D eigenvalue weighted by molar-refractivity contribution is 5.77. The SMILES string of the molecule is CCCCC(=O)N(C1CCc2c(cnn2C(C)C)C1)C1CCc2c(cnn2C(C)C)C1. The van der Waals surface area contributed by atoms with Crippen molar-refractivity contribution in [3.05, 3.63) is 34.9 Å². The van der Waals surface area contributed by atoms with Crippen molar-refractivity contribution in [3.63, 3.8) is 0 Å². The zero-order valence-corrected chi connectivity index (χ0v) is 20.0. The molecular weight excluding hydrogens is 386 g/mol. The number of aromatic nitrogens is 4. The Bertz CT molecular complexity index is 845. The molecule has 6 nitrogen and oxygen atoms in total. The first kappa shape index (κ1) is 22.1. The molecule has 31 heavy (non-hydrogen) atoms. The summed E-state index contributed by atoms with van der Waals surface area (Å²) in [5.41, 5.74) is 5.41. The van der Waals surface area contributed by atoms with Gasteiger partial charge in [0.25, 0.3) is 0 Å². The highest BCUT2D eigenvalue weighted by Gasteiger charge is 2.36. The zero-order valence-electron chi connectivity index (χ0n) is 20.0. The normalized spacial score (nSPS) is 20.7. The number of rotatable bonds is 7. The van der Waals surface area contributed by atoms with E-state index in [1.807, 2.05) is 12.4 Å². The molecule has 2 aromatic rings. The van der Waals surface area contributed by atoms with Gasteiger partial charge in [-0.25, -0.2) is 0 Å². The molecule has 0 saturated carbocycles. The quantitative estimate of drug-likeness (QED) is 0.647. The van der Waals surface area contributed by atoms with E-state index in [0.717, 1.165) is 51.4 Å². The van der Waals surface area contributed by atoms with Crippen LogP contribution in [-0.4, -0.2) is 42.5 Å². The maximum atomic E-state index is 13.4. The molecule has 2 aromatic heterocycles. The predicted octanol–water partition coefficient (Wildman–Crippen LogP) is 4.68. The molecule has 0 radical (unpaired) electrons. The highest BCUT2D eigenvalue weighted by Crippen LogP contribution is 2.32. The van der Waals surface area contributed by atoms with Gasteiger partial charge in [-0.05, 0) is 83.8 Å². The van der Waals surface area contributed by atoms with E-state index in [0.29, 0.717) is 24.4 Å².